The van der Waals surface area contributed by atoms with Gasteiger partial charge in [0, 0.05) is 11.3 Å². The molecule has 0 saturated heterocycles. The van der Waals surface area contributed by atoms with Gasteiger partial charge in [-0.3, -0.25) is 4.79 Å². The van der Waals surface area contributed by atoms with E-state index in [1.807, 2.05) is 6.07 Å². The Kier molecular flexibility index (Phi) is 5.80. The molecule has 0 spiro atoms. The highest BCUT2D eigenvalue weighted by molar-refractivity contribution is 6.01. The van der Waals surface area contributed by atoms with Crippen molar-refractivity contribution in [1.29, 1.82) is 5.26 Å². The van der Waals surface area contributed by atoms with E-state index in [2.05, 4.69) is 17.1 Å². The van der Waals surface area contributed by atoms with Crippen LogP contribution in [0.25, 0.3) is 0 Å². The SMILES string of the molecule is CCCCCC(=NOC)c1cc(C#N)c(=O)[nH]c1C. The molecule has 0 aliphatic carbocycles. The second-order valence-corrected chi connectivity index (χ2v) is 4.34. The van der Waals surface area contributed by atoms with E-state index in [4.69, 9.17) is 10.1 Å². The minimum Gasteiger partial charge on any atom is -0.399 e. The molecule has 5 heteroatoms. The molecule has 0 aliphatic heterocycles. The molecule has 0 atom stereocenters. The lowest BCUT2D eigenvalue weighted by Gasteiger charge is -2.09. The summed E-state index contributed by atoms with van der Waals surface area (Å²) in [4.78, 5) is 19.0. The van der Waals surface area contributed by atoms with Crippen molar-refractivity contribution in [1.82, 2.24) is 4.98 Å². The van der Waals surface area contributed by atoms with Crippen LogP contribution in [0.5, 0.6) is 0 Å². The highest BCUT2D eigenvalue weighted by atomic mass is 16.6. The molecular formula is C14H19N3O2. The minimum atomic E-state index is -0.367. The molecule has 0 amide bonds. The number of H-pyrrole nitrogens is 1. The van der Waals surface area contributed by atoms with Gasteiger partial charge in [0.15, 0.2) is 0 Å². The van der Waals surface area contributed by atoms with E-state index < -0.39 is 0 Å². The van der Waals surface area contributed by atoms with Gasteiger partial charge >= 0.3 is 0 Å². The van der Waals surface area contributed by atoms with Crippen LogP contribution in [0, 0.1) is 18.3 Å². The number of nitriles is 1. The average molecular weight is 261 g/mol. The van der Waals surface area contributed by atoms with Crippen molar-refractivity contribution in [2.75, 3.05) is 7.11 Å². The number of oxime groups is 1. The summed E-state index contributed by atoms with van der Waals surface area (Å²) < 4.78 is 0. The smallest absolute Gasteiger partial charge is 0.266 e. The summed E-state index contributed by atoms with van der Waals surface area (Å²) in [6, 6.07) is 3.47. The molecule has 0 radical (unpaired) electrons. The monoisotopic (exact) mass is 261 g/mol. The Morgan fingerprint density at radius 3 is 2.84 bits per heavy atom. The van der Waals surface area contributed by atoms with Crippen molar-refractivity contribution in [3.8, 4) is 6.07 Å². The number of nitrogens with zero attached hydrogens (tertiary/aromatic N) is 2. The predicted molar refractivity (Wildman–Crippen MR) is 74.2 cm³/mol. The second-order valence-electron chi connectivity index (χ2n) is 4.34. The lowest BCUT2D eigenvalue weighted by molar-refractivity contribution is 0.212. The molecule has 1 aromatic rings. The number of aromatic amines is 1. The van der Waals surface area contributed by atoms with Crippen LogP contribution in [0.1, 0.15) is 49.4 Å². The van der Waals surface area contributed by atoms with Gasteiger partial charge in [0.1, 0.15) is 18.7 Å². The fraction of sp³-hybridized carbons (Fsp3) is 0.500. The van der Waals surface area contributed by atoms with E-state index in [1.54, 1.807) is 13.0 Å². The van der Waals surface area contributed by atoms with Gasteiger partial charge in [-0.2, -0.15) is 5.26 Å². The van der Waals surface area contributed by atoms with Crippen LogP contribution in [0.2, 0.25) is 0 Å². The van der Waals surface area contributed by atoms with Gasteiger partial charge in [-0.15, -0.1) is 0 Å². The maximum Gasteiger partial charge on any atom is 0.266 e. The predicted octanol–water partition coefficient (Wildman–Crippen LogP) is 2.49. The van der Waals surface area contributed by atoms with E-state index in [0.29, 0.717) is 5.69 Å². The Balaban J connectivity index is 3.13. The Hall–Kier alpha value is -2.09. The highest BCUT2D eigenvalue weighted by Gasteiger charge is 2.11. The van der Waals surface area contributed by atoms with Crippen molar-refractivity contribution in [3.63, 3.8) is 0 Å². The molecule has 1 aromatic heterocycles. The third-order valence-electron chi connectivity index (χ3n) is 2.89. The third kappa shape index (κ3) is 3.95. The van der Waals surface area contributed by atoms with Crippen LogP contribution >= 0.6 is 0 Å². The summed E-state index contributed by atoms with van der Waals surface area (Å²) in [5, 5.41) is 12.9. The first-order valence-corrected chi connectivity index (χ1v) is 6.38. The molecule has 0 fully saturated rings. The molecule has 0 aromatic carbocycles. The Morgan fingerprint density at radius 2 is 2.26 bits per heavy atom. The molecular weight excluding hydrogens is 242 g/mol. The molecule has 0 bridgehead atoms. The van der Waals surface area contributed by atoms with Gasteiger partial charge < -0.3 is 9.82 Å². The number of aromatic nitrogens is 1. The third-order valence-corrected chi connectivity index (χ3v) is 2.89. The summed E-state index contributed by atoms with van der Waals surface area (Å²) in [6.45, 7) is 3.93. The molecule has 102 valence electrons. The lowest BCUT2D eigenvalue weighted by Crippen LogP contribution is -2.16. The molecule has 1 N–H and O–H groups in total. The number of unbranched alkanes of at least 4 members (excludes halogenated alkanes) is 2. The van der Waals surface area contributed by atoms with Crippen LogP contribution in [0.3, 0.4) is 0 Å². The Morgan fingerprint density at radius 1 is 1.53 bits per heavy atom. The number of rotatable bonds is 6. The van der Waals surface area contributed by atoms with Crippen LogP contribution < -0.4 is 5.56 Å². The summed E-state index contributed by atoms with van der Waals surface area (Å²) >= 11 is 0. The van der Waals surface area contributed by atoms with Crippen LogP contribution in [0.4, 0.5) is 0 Å². The summed E-state index contributed by atoms with van der Waals surface area (Å²) in [7, 11) is 1.49. The second kappa shape index (κ2) is 7.37. The summed E-state index contributed by atoms with van der Waals surface area (Å²) in [6.07, 6.45) is 3.99. The van der Waals surface area contributed by atoms with Crippen molar-refractivity contribution in [2.24, 2.45) is 5.16 Å². The minimum absolute atomic E-state index is 0.0971. The molecule has 0 aliphatic rings. The van der Waals surface area contributed by atoms with Gasteiger partial charge in [-0.25, -0.2) is 0 Å². The summed E-state index contributed by atoms with van der Waals surface area (Å²) in [5.74, 6) is 0. The standard InChI is InChI=1S/C14H19N3O2/c1-4-5-6-7-13(17-19-3)12-8-11(9-15)14(18)16-10(12)2/h8H,4-7H2,1-3H3,(H,16,18). The molecule has 1 heterocycles. The normalized spacial score (nSPS) is 11.2. The number of hydrogen-bond acceptors (Lipinski definition) is 4. The van der Waals surface area contributed by atoms with Crippen molar-refractivity contribution in [2.45, 2.75) is 39.5 Å². The summed E-state index contributed by atoms with van der Waals surface area (Å²) in [5.41, 5.74) is 1.97. The topological polar surface area (TPSA) is 78.2 Å². The van der Waals surface area contributed by atoms with E-state index in [1.165, 1.54) is 7.11 Å². The fourth-order valence-corrected chi connectivity index (χ4v) is 1.89. The molecule has 0 unspecified atom stereocenters. The Bertz CT molecular complexity index is 553. The fourth-order valence-electron chi connectivity index (χ4n) is 1.89. The first-order valence-electron chi connectivity index (χ1n) is 6.38. The lowest BCUT2D eigenvalue weighted by atomic mass is 10.0. The number of pyridine rings is 1. The average Bonchev–Trinajstić information content (AvgIpc) is 2.38. The number of hydrogen-bond donors (Lipinski definition) is 1. The molecule has 5 nitrogen and oxygen atoms in total. The van der Waals surface area contributed by atoms with E-state index in [0.717, 1.165) is 37.0 Å². The molecule has 0 saturated carbocycles. The maximum atomic E-state index is 11.5. The van der Waals surface area contributed by atoms with E-state index in [-0.39, 0.29) is 11.1 Å². The van der Waals surface area contributed by atoms with E-state index in [9.17, 15) is 4.79 Å². The van der Waals surface area contributed by atoms with Gasteiger partial charge in [0.05, 0.1) is 5.71 Å². The maximum absolute atomic E-state index is 11.5. The Labute approximate surface area is 112 Å². The molecule has 19 heavy (non-hydrogen) atoms. The molecule has 1 rings (SSSR count). The van der Waals surface area contributed by atoms with Crippen LogP contribution in [0.15, 0.2) is 16.0 Å². The highest BCUT2D eigenvalue weighted by Crippen LogP contribution is 2.12. The van der Waals surface area contributed by atoms with Gasteiger partial charge in [-0.05, 0) is 25.8 Å². The van der Waals surface area contributed by atoms with Gasteiger partial charge in [-0.1, -0.05) is 24.9 Å². The van der Waals surface area contributed by atoms with Crippen molar-refractivity contribution < 1.29 is 4.84 Å². The number of aryl methyl sites for hydroxylation is 1. The van der Waals surface area contributed by atoms with Crippen molar-refractivity contribution >= 4 is 5.71 Å². The van der Waals surface area contributed by atoms with Gasteiger partial charge in [0.2, 0.25) is 0 Å². The zero-order valence-electron chi connectivity index (χ0n) is 11.6. The van der Waals surface area contributed by atoms with Crippen LogP contribution in [-0.2, 0) is 4.84 Å². The zero-order valence-corrected chi connectivity index (χ0v) is 11.6. The number of nitrogens with one attached hydrogen (secondary N) is 1. The van der Waals surface area contributed by atoms with Crippen molar-refractivity contribution in [3.05, 3.63) is 33.2 Å². The quantitative estimate of drug-likeness (QED) is 0.485. The first-order chi connectivity index (χ1) is 9.13. The van der Waals surface area contributed by atoms with Gasteiger partial charge in [0.25, 0.3) is 5.56 Å². The van der Waals surface area contributed by atoms with E-state index >= 15 is 0 Å². The van der Waals surface area contributed by atoms with Crippen LogP contribution in [-0.4, -0.2) is 17.8 Å². The largest absolute Gasteiger partial charge is 0.399 e. The first kappa shape index (κ1) is 15.0. The zero-order chi connectivity index (χ0) is 14.3.